The van der Waals surface area contributed by atoms with Crippen LogP contribution in [0.1, 0.15) is 37.3 Å². The standard InChI is InChI=1S/C19H26N2O3/c1-12-4-7-16(8-13(12)2)21-10-14(9-17(21)22)18(23)20-11-19(3,24)15-5-6-15/h4,7-8,14-15,24H,5-6,9-11H2,1-3H3,(H,20,23). The zero-order chi connectivity index (χ0) is 17.5. The van der Waals surface area contributed by atoms with Crippen LogP contribution in [0.25, 0.3) is 0 Å². The summed E-state index contributed by atoms with van der Waals surface area (Å²) in [5.74, 6) is -0.230. The third-order valence-corrected chi connectivity index (χ3v) is 5.38. The van der Waals surface area contributed by atoms with Crippen molar-refractivity contribution in [3.63, 3.8) is 0 Å². The molecule has 2 aliphatic rings. The lowest BCUT2D eigenvalue weighted by atomic mass is 10.00. The van der Waals surface area contributed by atoms with Crippen LogP contribution in [0.5, 0.6) is 0 Å². The molecule has 1 aliphatic heterocycles. The molecule has 5 heteroatoms. The fourth-order valence-corrected chi connectivity index (χ4v) is 3.29. The van der Waals surface area contributed by atoms with Gasteiger partial charge in [0.15, 0.2) is 0 Å². The number of anilines is 1. The number of aryl methyl sites for hydroxylation is 2. The minimum absolute atomic E-state index is 0.0210. The molecule has 1 saturated carbocycles. The van der Waals surface area contributed by atoms with Gasteiger partial charge in [0, 0.05) is 25.2 Å². The molecule has 130 valence electrons. The van der Waals surface area contributed by atoms with Crippen molar-refractivity contribution in [2.24, 2.45) is 11.8 Å². The Morgan fingerprint density at radius 1 is 1.33 bits per heavy atom. The number of nitrogens with zero attached hydrogens (tertiary/aromatic N) is 1. The molecule has 1 saturated heterocycles. The molecule has 2 unspecified atom stereocenters. The van der Waals surface area contributed by atoms with Crippen molar-refractivity contribution in [3.05, 3.63) is 29.3 Å². The first-order valence-corrected chi connectivity index (χ1v) is 8.65. The molecule has 2 fully saturated rings. The number of amides is 2. The summed E-state index contributed by atoms with van der Waals surface area (Å²) < 4.78 is 0. The van der Waals surface area contributed by atoms with E-state index in [2.05, 4.69) is 5.32 Å². The van der Waals surface area contributed by atoms with Crippen molar-refractivity contribution in [1.29, 1.82) is 0 Å². The molecule has 1 aromatic rings. The lowest BCUT2D eigenvalue weighted by molar-refractivity contribution is -0.127. The number of aliphatic hydroxyl groups is 1. The number of rotatable bonds is 5. The first-order valence-electron chi connectivity index (χ1n) is 8.65. The van der Waals surface area contributed by atoms with Crippen LogP contribution < -0.4 is 10.2 Å². The molecule has 0 spiro atoms. The van der Waals surface area contributed by atoms with Gasteiger partial charge in [0.1, 0.15) is 0 Å². The first-order chi connectivity index (χ1) is 11.3. The Balaban J connectivity index is 1.61. The molecule has 24 heavy (non-hydrogen) atoms. The number of carbonyl (C=O) groups excluding carboxylic acids is 2. The second-order valence-electron chi connectivity index (χ2n) is 7.52. The average Bonchev–Trinajstić information content (AvgIpc) is 3.32. The smallest absolute Gasteiger partial charge is 0.227 e. The summed E-state index contributed by atoms with van der Waals surface area (Å²) in [5.41, 5.74) is 2.32. The van der Waals surface area contributed by atoms with E-state index in [1.807, 2.05) is 32.0 Å². The van der Waals surface area contributed by atoms with E-state index < -0.39 is 5.60 Å². The Kier molecular flexibility index (Phi) is 4.38. The zero-order valence-electron chi connectivity index (χ0n) is 14.6. The molecule has 0 bridgehead atoms. The molecule has 1 heterocycles. The third-order valence-electron chi connectivity index (χ3n) is 5.38. The van der Waals surface area contributed by atoms with Gasteiger partial charge in [-0.05, 0) is 62.8 Å². The maximum atomic E-state index is 12.4. The molecule has 0 radical (unpaired) electrons. The molecular formula is C19H26N2O3. The average molecular weight is 330 g/mol. The summed E-state index contributed by atoms with van der Waals surface area (Å²) in [4.78, 5) is 26.4. The Morgan fingerprint density at radius 3 is 2.67 bits per heavy atom. The van der Waals surface area contributed by atoms with Gasteiger partial charge in [-0.1, -0.05) is 6.07 Å². The van der Waals surface area contributed by atoms with Gasteiger partial charge >= 0.3 is 0 Å². The lowest BCUT2D eigenvalue weighted by Gasteiger charge is -2.24. The molecule has 5 nitrogen and oxygen atoms in total. The van der Waals surface area contributed by atoms with E-state index in [0.717, 1.165) is 24.1 Å². The van der Waals surface area contributed by atoms with Gasteiger partial charge < -0.3 is 15.3 Å². The molecule has 0 aromatic heterocycles. The van der Waals surface area contributed by atoms with Gasteiger partial charge in [-0.2, -0.15) is 0 Å². The van der Waals surface area contributed by atoms with Gasteiger partial charge in [0.05, 0.1) is 11.5 Å². The Hall–Kier alpha value is -1.88. The minimum atomic E-state index is -0.841. The van der Waals surface area contributed by atoms with Crippen LogP contribution in [0.4, 0.5) is 5.69 Å². The Bertz CT molecular complexity index is 665. The summed E-state index contributed by atoms with van der Waals surface area (Å²) in [6.07, 6.45) is 2.26. The monoisotopic (exact) mass is 330 g/mol. The van der Waals surface area contributed by atoms with Gasteiger partial charge in [-0.25, -0.2) is 0 Å². The van der Waals surface area contributed by atoms with Crippen LogP contribution in [0.15, 0.2) is 18.2 Å². The van der Waals surface area contributed by atoms with Crippen molar-refractivity contribution in [3.8, 4) is 0 Å². The van der Waals surface area contributed by atoms with E-state index >= 15 is 0 Å². The highest BCUT2D eigenvalue weighted by Gasteiger charge is 2.41. The highest BCUT2D eigenvalue weighted by Crippen LogP contribution is 2.39. The predicted molar refractivity (Wildman–Crippen MR) is 92.7 cm³/mol. The lowest BCUT2D eigenvalue weighted by Crippen LogP contribution is -2.44. The summed E-state index contributed by atoms with van der Waals surface area (Å²) in [7, 11) is 0. The summed E-state index contributed by atoms with van der Waals surface area (Å²) >= 11 is 0. The third kappa shape index (κ3) is 3.46. The second-order valence-corrected chi connectivity index (χ2v) is 7.52. The fourth-order valence-electron chi connectivity index (χ4n) is 3.29. The van der Waals surface area contributed by atoms with Crippen LogP contribution in [-0.4, -0.2) is 35.6 Å². The normalized spacial score (nSPS) is 23.2. The van der Waals surface area contributed by atoms with Gasteiger partial charge in [-0.3, -0.25) is 9.59 Å². The van der Waals surface area contributed by atoms with E-state index in [-0.39, 0.29) is 36.6 Å². The SMILES string of the molecule is Cc1ccc(N2CC(C(=O)NCC(C)(O)C3CC3)CC2=O)cc1C. The van der Waals surface area contributed by atoms with Crippen LogP contribution in [0.2, 0.25) is 0 Å². The quantitative estimate of drug-likeness (QED) is 0.867. The molecule has 2 atom stereocenters. The van der Waals surface area contributed by atoms with Gasteiger partial charge in [0.2, 0.25) is 11.8 Å². The van der Waals surface area contributed by atoms with E-state index in [9.17, 15) is 14.7 Å². The summed E-state index contributed by atoms with van der Waals surface area (Å²) in [6, 6.07) is 5.92. The van der Waals surface area contributed by atoms with Crippen molar-refractivity contribution in [1.82, 2.24) is 5.32 Å². The van der Waals surface area contributed by atoms with E-state index in [1.54, 1.807) is 11.8 Å². The molecule has 3 rings (SSSR count). The molecule has 2 amide bonds. The van der Waals surface area contributed by atoms with Crippen LogP contribution in [-0.2, 0) is 9.59 Å². The fraction of sp³-hybridized carbons (Fsp3) is 0.579. The molecule has 2 N–H and O–H groups in total. The van der Waals surface area contributed by atoms with E-state index in [4.69, 9.17) is 0 Å². The topological polar surface area (TPSA) is 69.6 Å². The minimum Gasteiger partial charge on any atom is -0.388 e. The Labute approximate surface area is 143 Å². The number of nitrogens with one attached hydrogen (secondary N) is 1. The maximum Gasteiger partial charge on any atom is 0.227 e. The number of benzene rings is 1. The van der Waals surface area contributed by atoms with Crippen LogP contribution in [0, 0.1) is 25.7 Å². The van der Waals surface area contributed by atoms with Crippen LogP contribution >= 0.6 is 0 Å². The van der Waals surface area contributed by atoms with E-state index in [0.29, 0.717) is 6.54 Å². The highest BCUT2D eigenvalue weighted by molar-refractivity contribution is 6.00. The van der Waals surface area contributed by atoms with E-state index in [1.165, 1.54) is 5.56 Å². The van der Waals surface area contributed by atoms with Crippen molar-refractivity contribution >= 4 is 17.5 Å². The largest absolute Gasteiger partial charge is 0.388 e. The maximum absolute atomic E-state index is 12.4. The zero-order valence-corrected chi connectivity index (χ0v) is 14.6. The predicted octanol–water partition coefficient (Wildman–Crippen LogP) is 1.93. The number of carbonyl (C=O) groups is 2. The van der Waals surface area contributed by atoms with Crippen molar-refractivity contribution < 1.29 is 14.7 Å². The number of hydrogen-bond donors (Lipinski definition) is 2. The van der Waals surface area contributed by atoms with Crippen molar-refractivity contribution in [2.45, 2.75) is 45.6 Å². The first kappa shape index (κ1) is 17.0. The molecule has 1 aromatic carbocycles. The summed E-state index contributed by atoms with van der Waals surface area (Å²) in [6.45, 7) is 6.48. The van der Waals surface area contributed by atoms with Crippen molar-refractivity contribution in [2.75, 3.05) is 18.0 Å². The Morgan fingerprint density at radius 2 is 2.04 bits per heavy atom. The van der Waals surface area contributed by atoms with Gasteiger partial charge in [-0.15, -0.1) is 0 Å². The highest BCUT2D eigenvalue weighted by atomic mass is 16.3. The molecular weight excluding hydrogens is 304 g/mol. The van der Waals surface area contributed by atoms with Crippen LogP contribution in [0.3, 0.4) is 0 Å². The summed E-state index contributed by atoms with van der Waals surface area (Å²) in [5, 5.41) is 13.1. The molecule has 1 aliphatic carbocycles. The second kappa shape index (κ2) is 6.20. The number of hydrogen-bond acceptors (Lipinski definition) is 3. The van der Waals surface area contributed by atoms with Gasteiger partial charge in [0.25, 0.3) is 0 Å².